The number of thiazole rings is 1. The molecule has 2 nitrogen and oxygen atoms in total. The highest BCUT2D eigenvalue weighted by atomic mass is 32.1. The van der Waals surface area contributed by atoms with Crippen molar-refractivity contribution >= 4 is 11.3 Å². The van der Waals surface area contributed by atoms with Gasteiger partial charge in [0, 0.05) is 23.3 Å². The summed E-state index contributed by atoms with van der Waals surface area (Å²) < 4.78 is 0. The molecule has 0 aromatic carbocycles. The number of nitrogens with one attached hydrogen (secondary N) is 1. The van der Waals surface area contributed by atoms with E-state index in [9.17, 15) is 0 Å². The lowest BCUT2D eigenvalue weighted by Gasteiger charge is -2.26. The first kappa shape index (κ1) is 15.6. The standard InChI is InChI=1S/C15H28N2S/c1-10(2)11(3)12(16-7)8-14-17-13(9-18-14)15(4,5)6/h9-12,16H,8H2,1-7H3. The molecule has 1 aromatic rings. The molecule has 0 bridgehead atoms. The fraction of sp³-hybridized carbons (Fsp3) is 0.800. The van der Waals surface area contributed by atoms with Crippen LogP contribution in [-0.4, -0.2) is 18.1 Å². The van der Waals surface area contributed by atoms with Gasteiger partial charge in [-0.25, -0.2) is 4.98 Å². The Labute approximate surface area is 116 Å². The summed E-state index contributed by atoms with van der Waals surface area (Å²) in [5.74, 6) is 1.36. The molecule has 0 aliphatic rings. The second-order valence-electron chi connectivity index (χ2n) is 6.58. The summed E-state index contributed by atoms with van der Waals surface area (Å²) in [6.07, 6.45) is 1.04. The zero-order valence-electron chi connectivity index (χ0n) is 12.9. The molecule has 0 amide bonds. The molecule has 0 aliphatic heterocycles. The molecule has 0 saturated heterocycles. The van der Waals surface area contributed by atoms with E-state index in [0.717, 1.165) is 6.42 Å². The average molecular weight is 268 g/mol. The molecular formula is C15H28N2S. The van der Waals surface area contributed by atoms with Crippen LogP contribution in [0.2, 0.25) is 0 Å². The van der Waals surface area contributed by atoms with Crippen LogP contribution in [-0.2, 0) is 11.8 Å². The predicted molar refractivity (Wildman–Crippen MR) is 81.4 cm³/mol. The first-order valence-corrected chi connectivity index (χ1v) is 7.75. The van der Waals surface area contributed by atoms with Gasteiger partial charge in [0.05, 0.1) is 10.7 Å². The number of nitrogens with zero attached hydrogens (tertiary/aromatic N) is 1. The van der Waals surface area contributed by atoms with Crippen molar-refractivity contribution in [2.45, 2.75) is 59.4 Å². The minimum atomic E-state index is 0.160. The number of hydrogen-bond donors (Lipinski definition) is 1. The molecule has 1 rings (SSSR count). The second kappa shape index (κ2) is 6.16. The summed E-state index contributed by atoms with van der Waals surface area (Å²) in [7, 11) is 2.06. The van der Waals surface area contributed by atoms with E-state index in [2.05, 4.69) is 59.3 Å². The van der Waals surface area contributed by atoms with Crippen molar-refractivity contribution in [3.63, 3.8) is 0 Å². The first-order chi connectivity index (χ1) is 8.25. The molecular weight excluding hydrogens is 240 g/mol. The minimum Gasteiger partial charge on any atom is -0.316 e. The highest BCUT2D eigenvalue weighted by molar-refractivity contribution is 7.09. The van der Waals surface area contributed by atoms with Crippen molar-refractivity contribution in [2.24, 2.45) is 11.8 Å². The smallest absolute Gasteiger partial charge is 0.0944 e. The van der Waals surface area contributed by atoms with Gasteiger partial charge in [-0.1, -0.05) is 41.5 Å². The van der Waals surface area contributed by atoms with Gasteiger partial charge in [-0.15, -0.1) is 11.3 Å². The Morgan fingerprint density at radius 3 is 2.28 bits per heavy atom. The monoisotopic (exact) mass is 268 g/mol. The van der Waals surface area contributed by atoms with Gasteiger partial charge in [-0.2, -0.15) is 0 Å². The minimum absolute atomic E-state index is 0.160. The van der Waals surface area contributed by atoms with Crippen LogP contribution in [0.15, 0.2) is 5.38 Å². The van der Waals surface area contributed by atoms with Crippen LogP contribution in [0.4, 0.5) is 0 Å². The van der Waals surface area contributed by atoms with Gasteiger partial charge in [-0.3, -0.25) is 0 Å². The average Bonchev–Trinajstić information content (AvgIpc) is 2.72. The fourth-order valence-corrected chi connectivity index (χ4v) is 3.03. The molecule has 104 valence electrons. The van der Waals surface area contributed by atoms with E-state index >= 15 is 0 Å². The topological polar surface area (TPSA) is 24.9 Å². The SMILES string of the molecule is CNC(Cc1nc(C(C)(C)C)cs1)C(C)C(C)C. The Balaban J connectivity index is 2.74. The lowest BCUT2D eigenvalue weighted by Crippen LogP contribution is -2.36. The van der Waals surface area contributed by atoms with Crippen molar-refractivity contribution in [3.05, 3.63) is 16.1 Å². The summed E-state index contributed by atoms with van der Waals surface area (Å²) >= 11 is 1.80. The van der Waals surface area contributed by atoms with Crippen molar-refractivity contribution in [2.75, 3.05) is 7.05 Å². The van der Waals surface area contributed by atoms with Crippen LogP contribution in [0.3, 0.4) is 0 Å². The summed E-state index contributed by atoms with van der Waals surface area (Å²) in [5, 5.41) is 6.91. The van der Waals surface area contributed by atoms with Gasteiger partial charge in [0.2, 0.25) is 0 Å². The van der Waals surface area contributed by atoms with E-state index in [1.54, 1.807) is 11.3 Å². The Morgan fingerprint density at radius 2 is 1.89 bits per heavy atom. The van der Waals surface area contributed by atoms with E-state index in [4.69, 9.17) is 4.98 Å². The van der Waals surface area contributed by atoms with Crippen molar-refractivity contribution < 1.29 is 0 Å². The Hall–Kier alpha value is -0.410. The summed E-state index contributed by atoms with van der Waals surface area (Å²) in [6, 6.07) is 0.518. The predicted octanol–water partition coefficient (Wildman–Crippen LogP) is 3.86. The third-order valence-corrected chi connectivity index (χ3v) is 4.64. The number of aromatic nitrogens is 1. The van der Waals surface area contributed by atoms with Gasteiger partial charge in [0.1, 0.15) is 0 Å². The molecule has 0 aliphatic carbocycles. The van der Waals surface area contributed by atoms with Gasteiger partial charge < -0.3 is 5.32 Å². The van der Waals surface area contributed by atoms with Crippen molar-refractivity contribution in [1.82, 2.24) is 10.3 Å². The Kier molecular flexibility index (Phi) is 5.35. The first-order valence-electron chi connectivity index (χ1n) is 6.87. The van der Waals surface area contributed by atoms with Crippen LogP contribution >= 0.6 is 11.3 Å². The van der Waals surface area contributed by atoms with Gasteiger partial charge >= 0.3 is 0 Å². The van der Waals surface area contributed by atoms with Gasteiger partial charge in [0.15, 0.2) is 0 Å². The van der Waals surface area contributed by atoms with Crippen molar-refractivity contribution in [3.8, 4) is 0 Å². The highest BCUT2D eigenvalue weighted by Gasteiger charge is 2.22. The molecule has 0 spiro atoms. The normalized spacial score (nSPS) is 16.0. The van der Waals surface area contributed by atoms with Crippen LogP contribution in [0.1, 0.15) is 52.2 Å². The quantitative estimate of drug-likeness (QED) is 0.877. The number of rotatable bonds is 5. The van der Waals surface area contributed by atoms with Crippen molar-refractivity contribution in [1.29, 1.82) is 0 Å². The summed E-state index contributed by atoms with van der Waals surface area (Å²) in [5.41, 5.74) is 1.38. The van der Waals surface area contributed by atoms with Crippen LogP contribution in [0, 0.1) is 11.8 Å². The van der Waals surface area contributed by atoms with E-state index in [-0.39, 0.29) is 5.41 Å². The largest absolute Gasteiger partial charge is 0.316 e. The molecule has 1 N–H and O–H groups in total. The summed E-state index contributed by atoms with van der Waals surface area (Å²) in [6.45, 7) is 13.6. The second-order valence-corrected chi connectivity index (χ2v) is 7.52. The van der Waals surface area contributed by atoms with E-state index in [1.165, 1.54) is 10.7 Å². The van der Waals surface area contributed by atoms with Crippen LogP contribution in [0.5, 0.6) is 0 Å². The van der Waals surface area contributed by atoms with Gasteiger partial charge in [-0.05, 0) is 18.9 Å². The number of likely N-dealkylation sites (N-methyl/N-ethyl adjacent to an activating group) is 1. The lowest BCUT2D eigenvalue weighted by atomic mass is 9.88. The van der Waals surface area contributed by atoms with E-state index in [0.29, 0.717) is 17.9 Å². The van der Waals surface area contributed by atoms with E-state index < -0.39 is 0 Å². The van der Waals surface area contributed by atoms with Crippen LogP contribution < -0.4 is 5.32 Å². The third-order valence-electron chi connectivity index (χ3n) is 3.77. The molecule has 2 unspecified atom stereocenters. The summed E-state index contributed by atoms with van der Waals surface area (Å²) in [4.78, 5) is 4.79. The number of hydrogen-bond acceptors (Lipinski definition) is 3. The molecule has 2 atom stereocenters. The van der Waals surface area contributed by atoms with Crippen LogP contribution in [0.25, 0.3) is 0 Å². The van der Waals surface area contributed by atoms with E-state index in [1.807, 2.05) is 0 Å². The maximum Gasteiger partial charge on any atom is 0.0944 e. The van der Waals surface area contributed by atoms with Gasteiger partial charge in [0.25, 0.3) is 0 Å². The molecule has 0 saturated carbocycles. The molecule has 1 heterocycles. The fourth-order valence-electron chi connectivity index (χ4n) is 1.95. The maximum absolute atomic E-state index is 4.79. The molecule has 18 heavy (non-hydrogen) atoms. The Bertz CT molecular complexity index is 363. The zero-order valence-corrected chi connectivity index (χ0v) is 13.7. The highest BCUT2D eigenvalue weighted by Crippen LogP contribution is 2.26. The molecule has 3 heteroatoms. The molecule has 0 fully saturated rings. The lowest BCUT2D eigenvalue weighted by molar-refractivity contribution is 0.309. The molecule has 1 aromatic heterocycles. The zero-order chi connectivity index (χ0) is 13.9. The Morgan fingerprint density at radius 1 is 1.28 bits per heavy atom. The molecule has 0 radical (unpaired) electrons. The maximum atomic E-state index is 4.79. The third kappa shape index (κ3) is 4.06.